The molecule has 2 saturated heterocycles. The number of rotatable bonds is 5. The average molecular weight is 238 g/mol. The van der Waals surface area contributed by atoms with Crippen molar-refractivity contribution in [3.8, 4) is 0 Å². The first-order chi connectivity index (χ1) is 8.35. The molecule has 2 heteroatoms. The van der Waals surface area contributed by atoms with Gasteiger partial charge in [0, 0.05) is 12.6 Å². The van der Waals surface area contributed by atoms with Crippen molar-refractivity contribution in [1.29, 1.82) is 0 Å². The van der Waals surface area contributed by atoms with Crippen molar-refractivity contribution in [3.05, 3.63) is 0 Å². The maximum Gasteiger partial charge on any atom is 0.0125 e. The molecule has 0 radical (unpaired) electrons. The second-order valence-electron chi connectivity index (χ2n) is 5.97. The second kappa shape index (κ2) is 6.75. The van der Waals surface area contributed by atoms with Gasteiger partial charge in [-0.25, -0.2) is 0 Å². The Labute approximate surface area is 107 Å². The molecule has 0 aromatic rings. The van der Waals surface area contributed by atoms with E-state index in [1.807, 2.05) is 0 Å². The lowest BCUT2D eigenvalue weighted by Gasteiger charge is -2.36. The molecule has 0 aliphatic carbocycles. The predicted molar refractivity (Wildman–Crippen MR) is 74.3 cm³/mol. The van der Waals surface area contributed by atoms with Gasteiger partial charge in [-0.1, -0.05) is 26.7 Å². The summed E-state index contributed by atoms with van der Waals surface area (Å²) in [4.78, 5) is 2.83. The highest BCUT2D eigenvalue weighted by molar-refractivity contribution is 4.88. The Morgan fingerprint density at radius 3 is 2.47 bits per heavy atom. The van der Waals surface area contributed by atoms with Crippen molar-refractivity contribution < 1.29 is 0 Å². The molecular formula is C15H30N2. The highest BCUT2D eigenvalue weighted by Crippen LogP contribution is 2.30. The molecule has 100 valence electrons. The van der Waals surface area contributed by atoms with E-state index in [1.165, 1.54) is 64.7 Å². The van der Waals surface area contributed by atoms with Crippen LogP contribution in [0.4, 0.5) is 0 Å². The zero-order chi connectivity index (χ0) is 12.1. The summed E-state index contributed by atoms with van der Waals surface area (Å²) in [5.74, 6) is 1.91. The molecule has 1 atom stereocenters. The van der Waals surface area contributed by atoms with E-state index in [4.69, 9.17) is 0 Å². The van der Waals surface area contributed by atoms with Crippen molar-refractivity contribution >= 4 is 0 Å². The van der Waals surface area contributed by atoms with Crippen LogP contribution in [-0.2, 0) is 0 Å². The van der Waals surface area contributed by atoms with Crippen LogP contribution in [0, 0.1) is 11.8 Å². The van der Waals surface area contributed by atoms with Crippen LogP contribution in [0.5, 0.6) is 0 Å². The van der Waals surface area contributed by atoms with Crippen LogP contribution < -0.4 is 5.32 Å². The summed E-state index contributed by atoms with van der Waals surface area (Å²) in [5, 5.41) is 3.50. The van der Waals surface area contributed by atoms with E-state index in [0.29, 0.717) is 0 Å². The number of likely N-dealkylation sites (tertiary alicyclic amines) is 1. The lowest BCUT2D eigenvalue weighted by Crippen LogP contribution is -2.42. The predicted octanol–water partition coefficient (Wildman–Crippen LogP) is 2.89. The largest absolute Gasteiger partial charge is 0.317 e. The van der Waals surface area contributed by atoms with Crippen LogP contribution >= 0.6 is 0 Å². The molecule has 1 N–H and O–H groups in total. The van der Waals surface area contributed by atoms with Gasteiger partial charge < -0.3 is 5.32 Å². The van der Waals surface area contributed by atoms with Crippen LogP contribution in [0.3, 0.4) is 0 Å². The van der Waals surface area contributed by atoms with Crippen LogP contribution in [-0.4, -0.2) is 37.1 Å². The van der Waals surface area contributed by atoms with Gasteiger partial charge >= 0.3 is 0 Å². The highest BCUT2D eigenvalue weighted by Gasteiger charge is 2.32. The molecule has 0 bridgehead atoms. The third kappa shape index (κ3) is 3.45. The molecule has 2 aliphatic heterocycles. The molecule has 0 spiro atoms. The maximum atomic E-state index is 3.50. The van der Waals surface area contributed by atoms with Crippen molar-refractivity contribution in [2.75, 3.05) is 26.2 Å². The molecule has 2 heterocycles. The summed E-state index contributed by atoms with van der Waals surface area (Å²) in [6.07, 6.45) is 8.42. The van der Waals surface area contributed by atoms with Crippen LogP contribution in [0.1, 0.15) is 52.4 Å². The van der Waals surface area contributed by atoms with Gasteiger partial charge in [0.05, 0.1) is 0 Å². The van der Waals surface area contributed by atoms with Crippen molar-refractivity contribution in [3.63, 3.8) is 0 Å². The fourth-order valence-electron chi connectivity index (χ4n) is 3.72. The molecule has 2 fully saturated rings. The van der Waals surface area contributed by atoms with E-state index in [1.54, 1.807) is 0 Å². The Morgan fingerprint density at radius 1 is 1.12 bits per heavy atom. The first kappa shape index (κ1) is 13.4. The van der Waals surface area contributed by atoms with E-state index in [0.717, 1.165) is 17.9 Å². The Balaban J connectivity index is 1.87. The summed E-state index contributed by atoms with van der Waals surface area (Å²) in [7, 11) is 0. The normalized spacial score (nSPS) is 28.1. The molecule has 17 heavy (non-hydrogen) atoms. The van der Waals surface area contributed by atoms with Crippen molar-refractivity contribution in [2.45, 2.75) is 58.4 Å². The van der Waals surface area contributed by atoms with Gasteiger partial charge in [0.25, 0.3) is 0 Å². The molecule has 0 saturated carbocycles. The highest BCUT2D eigenvalue weighted by atomic mass is 15.2. The molecule has 2 nitrogen and oxygen atoms in total. The van der Waals surface area contributed by atoms with Gasteiger partial charge in [0.2, 0.25) is 0 Å². The zero-order valence-electron chi connectivity index (χ0n) is 11.8. The van der Waals surface area contributed by atoms with Gasteiger partial charge in [-0.3, -0.25) is 4.90 Å². The van der Waals surface area contributed by atoms with E-state index in [2.05, 4.69) is 24.1 Å². The number of nitrogens with zero attached hydrogens (tertiary/aromatic N) is 1. The van der Waals surface area contributed by atoms with Crippen molar-refractivity contribution in [1.82, 2.24) is 10.2 Å². The molecule has 0 amide bonds. The minimum Gasteiger partial charge on any atom is -0.317 e. The van der Waals surface area contributed by atoms with E-state index >= 15 is 0 Å². The topological polar surface area (TPSA) is 15.3 Å². The Bertz CT molecular complexity index is 207. The van der Waals surface area contributed by atoms with Crippen molar-refractivity contribution in [2.24, 2.45) is 11.8 Å². The van der Waals surface area contributed by atoms with Gasteiger partial charge in [-0.2, -0.15) is 0 Å². The van der Waals surface area contributed by atoms with Crippen LogP contribution in [0.2, 0.25) is 0 Å². The quantitative estimate of drug-likeness (QED) is 0.792. The van der Waals surface area contributed by atoms with Gasteiger partial charge in [0.1, 0.15) is 0 Å². The average Bonchev–Trinajstić information content (AvgIpc) is 2.85. The Morgan fingerprint density at radius 2 is 1.82 bits per heavy atom. The SMILES string of the molecule is CCC(CC)CN1CCCC1C1CCNCC1. The first-order valence-corrected chi connectivity index (χ1v) is 7.79. The second-order valence-corrected chi connectivity index (χ2v) is 5.97. The lowest BCUT2D eigenvalue weighted by molar-refractivity contribution is 0.140. The summed E-state index contributed by atoms with van der Waals surface area (Å²) >= 11 is 0. The molecule has 1 unspecified atom stereocenters. The van der Waals surface area contributed by atoms with E-state index in [-0.39, 0.29) is 0 Å². The summed E-state index contributed by atoms with van der Waals surface area (Å²) < 4.78 is 0. The number of piperidine rings is 1. The minimum atomic E-state index is 0.915. The van der Waals surface area contributed by atoms with E-state index in [9.17, 15) is 0 Å². The standard InChI is InChI=1S/C15H30N2/c1-3-13(4-2)12-17-11-5-6-15(17)14-7-9-16-10-8-14/h13-16H,3-12H2,1-2H3. The molecule has 2 aliphatic rings. The zero-order valence-corrected chi connectivity index (χ0v) is 11.8. The Hall–Kier alpha value is -0.0800. The molecule has 0 aromatic heterocycles. The van der Waals surface area contributed by atoms with Crippen LogP contribution in [0.25, 0.3) is 0 Å². The first-order valence-electron chi connectivity index (χ1n) is 7.79. The number of hydrogen-bond acceptors (Lipinski definition) is 2. The summed E-state index contributed by atoms with van der Waals surface area (Å²) in [6.45, 7) is 9.93. The summed E-state index contributed by atoms with van der Waals surface area (Å²) in [6, 6.07) is 0.915. The fourth-order valence-corrected chi connectivity index (χ4v) is 3.72. The molecule has 2 rings (SSSR count). The van der Waals surface area contributed by atoms with Gasteiger partial charge in [-0.15, -0.1) is 0 Å². The maximum absolute atomic E-state index is 3.50. The molecular weight excluding hydrogens is 208 g/mol. The Kier molecular flexibility index (Phi) is 5.30. The third-order valence-corrected chi connectivity index (χ3v) is 4.99. The smallest absolute Gasteiger partial charge is 0.0125 e. The number of hydrogen-bond donors (Lipinski definition) is 1. The van der Waals surface area contributed by atoms with Crippen LogP contribution in [0.15, 0.2) is 0 Å². The minimum absolute atomic E-state index is 0.915. The number of nitrogens with one attached hydrogen (secondary N) is 1. The fraction of sp³-hybridized carbons (Fsp3) is 1.00. The van der Waals surface area contributed by atoms with Gasteiger partial charge in [-0.05, 0) is 57.2 Å². The van der Waals surface area contributed by atoms with E-state index < -0.39 is 0 Å². The third-order valence-electron chi connectivity index (χ3n) is 4.99. The lowest BCUT2D eigenvalue weighted by atomic mass is 9.88. The summed E-state index contributed by atoms with van der Waals surface area (Å²) in [5.41, 5.74) is 0. The van der Waals surface area contributed by atoms with Gasteiger partial charge in [0.15, 0.2) is 0 Å². The monoisotopic (exact) mass is 238 g/mol. The molecule has 0 aromatic carbocycles.